The van der Waals surface area contributed by atoms with Crippen molar-refractivity contribution in [1.82, 2.24) is 14.9 Å². The lowest BCUT2D eigenvalue weighted by atomic mass is 9.99. The predicted octanol–water partition coefficient (Wildman–Crippen LogP) is 3.57. The van der Waals surface area contributed by atoms with E-state index in [1.807, 2.05) is 32.0 Å². The summed E-state index contributed by atoms with van der Waals surface area (Å²) in [5.74, 6) is 0.458. The van der Waals surface area contributed by atoms with E-state index >= 15 is 0 Å². The van der Waals surface area contributed by atoms with Crippen LogP contribution in [0.25, 0.3) is 22.8 Å². The number of nitrogens with zero attached hydrogens (tertiary/aromatic N) is 3. The minimum Gasteiger partial charge on any atom is -0.490 e. The van der Waals surface area contributed by atoms with Crippen LogP contribution in [0.3, 0.4) is 0 Å². The number of sulfonamides is 1. The molecule has 3 aromatic rings. The summed E-state index contributed by atoms with van der Waals surface area (Å²) in [4.78, 5) is 15.4. The third-order valence-electron chi connectivity index (χ3n) is 5.92. The topological polar surface area (TPSA) is 144 Å². The monoisotopic (exact) mass is 524 g/mol. The first-order chi connectivity index (χ1) is 17.7. The Labute approximate surface area is 215 Å². The number of rotatable bonds is 10. The van der Waals surface area contributed by atoms with E-state index in [1.165, 1.54) is 6.92 Å². The minimum atomic E-state index is -3.56. The second-order valence-corrected chi connectivity index (χ2v) is 10.9. The minimum absolute atomic E-state index is 0.0105. The highest BCUT2D eigenvalue weighted by atomic mass is 32.2. The van der Waals surface area contributed by atoms with Gasteiger partial charge in [0.2, 0.25) is 15.8 Å². The number of ether oxygens (including phenoxy) is 2. The largest absolute Gasteiger partial charge is 0.490 e. The van der Waals surface area contributed by atoms with Crippen LogP contribution in [-0.2, 0) is 26.0 Å². The molecule has 2 aromatic carbocycles. The van der Waals surface area contributed by atoms with E-state index in [9.17, 15) is 18.5 Å². The normalized spacial score (nSPS) is 14.8. The molecule has 0 saturated heterocycles. The summed E-state index contributed by atoms with van der Waals surface area (Å²) in [5, 5.41) is 13.7. The van der Waals surface area contributed by atoms with Gasteiger partial charge in [-0.2, -0.15) is 10.2 Å². The number of aromatic nitrogens is 2. The van der Waals surface area contributed by atoms with E-state index in [1.54, 1.807) is 18.2 Å². The van der Waals surface area contributed by atoms with Crippen molar-refractivity contribution in [3.63, 3.8) is 0 Å². The molecule has 0 fully saturated rings. The summed E-state index contributed by atoms with van der Waals surface area (Å²) in [7, 11) is -3.56. The van der Waals surface area contributed by atoms with Crippen LogP contribution in [0.4, 0.5) is 0 Å². The maximum Gasteiger partial charge on any atom is 0.302 e. The lowest BCUT2D eigenvalue weighted by Crippen LogP contribution is -2.31. The average Bonchev–Trinajstić information content (AvgIpc) is 3.49. The molecule has 0 spiro atoms. The molecule has 11 heteroatoms. The van der Waals surface area contributed by atoms with Crippen molar-refractivity contribution >= 4 is 16.0 Å². The Morgan fingerprint density at radius 1 is 1.30 bits per heavy atom. The Bertz CT molecular complexity index is 1440. The fourth-order valence-corrected chi connectivity index (χ4v) is 5.78. The van der Waals surface area contributed by atoms with Gasteiger partial charge in [-0.25, -0.2) is 13.1 Å². The van der Waals surface area contributed by atoms with Crippen LogP contribution in [-0.4, -0.2) is 49.5 Å². The van der Waals surface area contributed by atoms with Crippen LogP contribution in [0.15, 0.2) is 40.9 Å². The Hall–Kier alpha value is -3.75. The Balaban J connectivity index is 1.52. The molecule has 1 unspecified atom stereocenters. The standard InChI is InChI=1S/C26H28N4O6S/c1-16(2)35-24-10-8-18(13-20(24)14-27)26-29-25(30-36-26)23-6-4-5-21-19(7-9-22(21)23)15-37(32,33)28-11-12-34-17(3)31/h4-6,8,10,13,16,19,28H,7,9,11-12,15H2,1-3H3. The first kappa shape index (κ1) is 26.3. The molecule has 0 saturated carbocycles. The number of esters is 1. The highest BCUT2D eigenvalue weighted by molar-refractivity contribution is 7.89. The first-order valence-electron chi connectivity index (χ1n) is 11.9. The number of hydrogen-bond acceptors (Lipinski definition) is 9. The van der Waals surface area contributed by atoms with E-state index in [0.29, 0.717) is 35.5 Å². The number of carbonyl (C=O) groups excluding carboxylic acids is 1. The first-order valence-corrected chi connectivity index (χ1v) is 13.6. The zero-order valence-corrected chi connectivity index (χ0v) is 21.7. The van der Waals surface area contributed by atoms with E-state index in [4.69, 9.17) is 14.0 Å². The molecule has 1 atom stereocenters. The highest BCUT2D eigenvalue weighted by Gasteiger charge is 2.30. The Kier molecular flexibility index (Phi) is 7.90. The fraction of sp³-hybridized carbons (Fsp3) is 0.385. The number of carbonyl (C=O) groups is 1. The molecule has 0 aliphatic heterocycles. The molecule has 37 heavy (non-hydrogen) atoms. The third-order valence-corrected chi connectivity index (χ3v) is 7.41. The molecular weight excluding hydrogens is 496 g/mol. The van der Waals surface area contributed by atoms with Crippen LogP contribution in [0.1, 0.15) is 49.8 Å². The molecule has 1 aromatic heterocycles. The van der Waals surface area contributed by atoms with Crippen molar-refractivity contribution < 1.29 is 27.2 Å². The van der Waals surface area contributed by atoms with Gasteiger partial charge in [-0.15, -0.1) is 0 Å². The molecule has 1 N–H and O–H groups in total. The van der Waals surface area contributed by atoms with E-state index in [2.05, 4.69) is 20.9 Å². The van der Waals surface area contributed by atoms with Gasteiger partial charge < -0.3 is 14.0 Å². The van der Waals surface area contributed by atoms with Crippen LogP contribution >= 0.6 is 0 Å². The maximum atomic E-state index is 12.6. The summed E-state index contributed by atoms with van der Waals surface area (Å²) in [6.07, 6.45) is 1.29. The van der Waals surface area contributed by atoms with E-state index in [0.717, 1.165) is 16.7 Å². The van der Waals surface area contributed by atoms with Crippen molar-refractivity contribution in [3.05, 3.63) is 53.1 Å². The average molecular weight is 525 g/mol. The summed E-state index contributed by atoms with van der Waals surface area (Å²) in [6.45, 7) is 5.07. The van der Waals surface area contributed by atoms with Gasteiger partial charge in [0, 0.05) is 24.6 Å². The molecule has 0 bridgehead atoms. The van der Waals surface area contributed by atoms with Crippen molar-refractivity contribution in [3.8, 4) is 34.7 Å². The van der Waals surface area contributed by atoms with Gasteiger partial charge >= 0.3 is 5.97 Å². The molecule has 0 amide bonds. The zero-order valence-electron chi connectivity index (χ0n) is 20.9. The van der Waals surface area contributed by atoms with Crippen LogP contribution in [0.5, 0.6) is 5.75 Å². The number of hydrogen-bond donors (Lipinski definition) is 1. The number of fused-ring (bicyclic) bond motifs is 1. The lowest BCUT2D eigenvalue weighted by Gasteiger charge is -2.13. The third kappa shape index (κ3) is 6.34. The van der Waals surface area contributed by atoms with Crippen LogP contribution < -0.4 is 9.46 Å². The van der Waals surface area contributed by atoms with Gasteiger partial charge in [0.15, 0.2) is 0 Å². The predicted molar refractivity (Wildman–Crippen MR) is 135 cm³/mol. The van der Waals surface area contributed by atoms with Crippen molar-refractivity contribution in [2.45, 2.75) is 45.6 Å². The summed E-state index contributed by atoms with van der Waals surface area (Å²) in [5.41, 5.74) is 3.69. The molecule has 4 rings (SSSR count). The molecule has 1 aliphatic rings. The summed E-state index contributed by atoms with van der Waals surface area (Å²) in [6, 6.07) is 12.9. The molecule has 1 aliphatic carbocycles. The maximum absolute atomic E-state index is 12.6. The van der Waals surface area contributed by atoms with Crippen LogP contribution in [0.2, 0.25) is 0 Å². The van der Waals surface area contributed by atoms with Crippen LogP contribution in [0, 0.1) is 11.3 Å². The molecule has 10 nitrogen and oxygen atoms in total. The van der Waals surface area contributed by atoms with Crippen molar-refractivity contribution in [2.24, 2.45) is 0 Å². The van der Waals surface area contributed by atoms with E-state index in [-0.39, 0.29) is 36.8 Å². The summed E-state index contributed by atoms with van der Waals surface area (Å²) < 4.78 is 43.6. The Morgan fingerprint density at radius 2 is 2.11 bits per heavy atom. The van der Waals surface area contributed by atoms with Gasteiger partial charge in [0.05, 0.1) is 17.4 Å². The van der Waals surface area contributed by atoms with Gasteiger partial charge in [-0.05, 0) is 61.9 Å². The second-order valence-electron chi connectivity index (χ2n) is 9.04. The smallest absolute Gasteiger partial charge is 0.302 e. The van der Waals surface area contributed by atoms with Gasteiger partial charge in [-0.3, -0.25) is 4.79 Å². The summed E-state index contributed by atoms with van der Waals surface area (Å²) >= 11 is 0. The van der Waals surface area contributed by atoms with Gasteiger partial charge in [0.25, 0.3) is 5.89 Å². The molecular formula is C26H28N4O6S. The SMILES string of the molecule is CC(=O)OCCNS(=O)(=O)CC1CCc2c(-c3noc(-c4ccc(OC(C)C)c(C#N)c4)n3)cccc21. The number of nitrogens with one attached hydrogen (secondary N) is 1. The van der Waals surface area contributed by atoms with Crippen molar-refractivity contribution in [1.29, 1.82) is 5.26 Å². The van der Waals surface area contributed by atoms with Gasteiger partial charge in [-0.1, -0.05) is 23.4 Å². The second kappa shape index (κ2) is 11.1. The fourth-order valence-electron chi connectivity index (χ4n) is 4.40. The lowest BCUT2D eigenvalue weighted by molar-refractivity contribution is -0.140. The number of nitriles is 1. The molecule has 1 heterocycles. The molecule has 194 valence electrons. The highest BCUT2D eigenvalue weighted by Crippen LogP contribution is 2.39. The Morgan fingerprint density at radius 3 is 2.84 bits per heavy atom. The molecule has 0 radical (unpaired) electrons. The van der Waals surface area contributed by atoms with Gasteiger partial charge in [0.1, 0.15) is 18.4 Å². The quantitative estimate of drug-likeness (QED) is 0.311. The van der Waals surface area contributed by atoms with Crippen molar-refractivity contribution in [2.75, 3.05) is 18.9 Å². The zero-order chi connectivity index (χ0) is 26.6. The number of benzene rings is 2. The van der Waals surface area contributed by atoms with E-state index < -0.39 is 16.0 Å².